The van der Waals surface area contributed by atoms with Gasteiger partial charge in [0.15, 0.2) is 0 Å². The number of aromatic nitrogens is 1. The maximum atomic E-state index is 9.12. The fraction of sp³-hybridized carbons (Fsp3) is 0.263. The second-order valence-electron chi connectivity index (χ2n) is 6.14. The van der Waals surface area contributed by atoms with Crippen molar-refractivity contribution in [2.24, 2.45) is 4.99 Å². The van der Waals surface area contributed by atoms with E-state index in [9.17, 15) is 0 Å². The van der Waals surface area contributed by atoms with E-state index in [4.69, 9.17) is 10.00 Å². The number of hydrogen-bond acceptors (Lipinski definition) is 3. The predicted octanol–water partition coefficient (Wildman–Crippen LogP) is 4.43. The Morgan fingerprint density at radius 3 is 2.74 bits per heavy atom. The number of para-hydroxylation sites is 1. The van der Waals surface area contributed by atoms with Gasteiger partial charge in [0.2, 0.25) is 0 Å². The van der Waals surface area contributed by atoms with Gasteiger partial charge in [0, 0.05) is 29.6 Å². The molecule has 0 amide bonds. The summed E-state index contributed by atoms with van der Waals surface area (Å²) in [7, 11) is 0. The summed E-state index contributed by atoms with van der Waals surface area (Å²) in [6, 6.07) is 11.6. The number of aliphatic imine (C=N–C) groups is 1. The summed E-state index contributed by atoms with van der Waals surface area (Å²) >= 11 is 0. The van der Waals surface area contributed by atoms with Crippen molar-refractivity contribution in [1.29, 1.82) is 5.26 Å². The predicted molar refractivity (Wildman–Crippen MR) is 93.5 cm³/mol. The van der Waals surface area contributed by atoms with Crippen LogP contribution in [0.25, 0.3) is 0 Å². The van der Waals surface area contributed by atoms with Gasteiger partial charge >= 0.3 is 0 Å². The molecule has 4 nitrogen and oxygen atoms in total. The van der Waals surface area contributed by atoms with Crippen molar-refractivity contribution >= 4 is 12.0 Å². The van der Waals surface area contributed by atoms with Gasteiger partial charge in [0.1, 0.15) is 24.2 Å². The van der Waals surface area contributed by atoms with Crippen molar-refractivity contribution in [1.82, 2.24) is 4.57 Å². The van der Waals surface area contributed by atoms with E-state index in [0.29, 0.717) is 12.2 Å². The molecule has 0 bridgehead atoms. The van der Waals surface area contributed by atoms with E-state index in [1.807, 2.05) is 35.0 Å². The Morgan fingerprint density at radius 2 is 2.09 bits per heavy atom. The minimum atomic E-state index is -0.152. The largest absolute Gasteiger partial charge is 0.489 e. The monoisotopic (exact) mass is 307 g/mol. The van der Waals surface area contributed by atoms with Crippen LogP contribution < -0.4 is 4.74 Å². The molecule has 0 atom stereocenters. The molecule has 1 aromatic heterocycles. The lowest BCUT2D eigenvalue weighted by Gasteiger charge is -2.22. The molecule has 0 N–H and O–H groups in total. The second-order valence-corrected chi connectivity index (χ2v) is 6.14. The van der Waals surface area contributed by atoms with Gasteiger partial charge in [-0.25, -0.2) is 4.99 Å². The van der Waals surface area contributed by atoms with E-state index in [2.05, 4.69) is 38.4 Å². The Bertz CT molecular complexity index is 758. The molecule has 0 saturated heterocycles. The molecule has 1 aromatic carbocycles. The maximum Gasteiger partial charge on any atom is 0.134 e. The van der Waals surface area contributed by atoms with E-state index < -0.39 is 0 Å². The van der Waals surface area contributed by atoms with Crippen molar-refractivity contribution in [3.05, 3.63) is 60.3 Å². The molecule has 2 rings (SSSR count). The molecule has 2 aromatic rings. The third kappa shape index (κ3) is 4.10. The molecule has 0 spiro atoms. The van der Waals surface area contributed by atoms with Crippen LogP contribution in [0.3, 0.4) is 0 Å². The fourth-order valence-electron chi connectivity index (χ4n) is 2.15. The molecule has 0 fully saturated rings. The van der Waals surface area contributed by atoms with Crippen LogP contribution in [0.5, 0.6) is 5.75 Å². The number of nitriles is 1. The number of rotatable bonds is 5. The van der Waals surface area contributed by atoms with Gasteiger partial charge < -0.3 is 9.30 Å². The summed E-state index contributed by atoms with van der Waals surface area (Å²) in [6.07, 6.45) is 5.29. The van der Waals surface area contributed by atoms with Crippen LogP contribution in [0.2, 0.25) is 0 Å². The number of benzene rings is 1. The first kappa shape index (κ1) is 16.6. The summed E-state index contributed by atoms with van der Waals surface area (Å²) in [6.45, 7) is 10.3. The highest BCUT2D eigenvalue weighted by atomic mass is 16.5. The van der Waals surface area contributed by atoms with Crippen molar-refractivity contribution < 1.29 is 4.74 Å². The van der Waals surface area contributed by atoms with Crippen molar-refractivity contribution in [2.45, 2.75) is 26.3 Å². The molecular formula is C19H21N3O. The Kier molecular flexibility index (Phi) is 5.02. The topological polar surface area (TPSA) is 50.3 Å². The first-order chi connectivity index (χ1) is 11.0. The lowest BCUT2D eigenvalue weighted by atomic mass is 10.1. The molecule has 0 aliphatic rings. The Hall–Kier alpha value is -2.80. The number of ether oxygens (including phenoxy) is 1. The Balaban J connectivity index is 2.36. The summed E-state index contributed by atoms with van der Waals surface area (Å²) in [5.74, 6) is 1.50. The standard InChI is InChI=1S/C19H21N3O/c1-5-10-23-17-9-7-6-8-16(17)13-21-18-11-15(12-20)14-22(18)19(2,3)4/h5-9,11,13-14H,1,10H2,2-4H3/b21-13+. The first-order valence-corrected chi connectivity index (χ1v) is 7.45. The highest BCUT2D eigenvalue weighted by Gasteiger charge is 2.17. The quantitative estimate of drug-likeness (QED) is 0.606. The zero-order valence-electron chi connectivity index (χ0n) is 13.8. The first-order valence-electron chi connectivity index (χ1n) is 7.45. The van der Waals surface area contributed by atoms with Crippen LogP contribution in [-0.2, 0) is 5.54 Å². The van der Waals surface area contributed by atoms with Crippen LogP contribution >= 0.6 is 0 Å². The molecule has 0 saturated carbocycles. The summed E-state index contributed by atoms with van der Waals surface area (Å²) in [4.78, 5) is 4.56. The van der Waals surface area contributed by atoms with Gasteiger partial charge in [0.05, 0.1) is 5.56 Å². The SMILES string of the molecule is C=CCOc1ccccc1/C=N/c1cc(C#N)cn1C(C)(C)C. The molecule has 0 unspecified atom stereocenters. The zero-order chi connectivity index (χ0) is 16.9. The molecule has 23 heavy (non-hydrogen) atoms. The third-order valence-corrected chi connectivity index (χ3v) is 3.26. The maximum absolute atomic E-state index is 9.12. The van der Waals surface area contributed by atoms with Crippen LogP contribution in [0.1, 0.15) is 31.9 Å². The van der Waals surface area contributed by atoms with Gasteiger partial charge in [-0.2, -0.15) is 5.26 Å². The van der Waals surface area contributed by atoms with E-state index in [1.165, 1.54) is 0 Å². The average molecular weight is 307 g/mol. The van der Waals surface area contributed by atoms with E-state index in [-0.39, 0.29) is 5.54 Å². The summed E-state index contributed by atoms with van der Waals surface area (Å²) < 4.78 is 7.63. The minimum absolute atomic E-state index is 0.152. The number of hydrogen-bond donors (Lipinski definition) is 0. The normalized spacial score (nSPS) is 11.4. The number of nitrogens with zero attached hydrogens (tertiary/aromatic N) is 3. The fourth-order valence-corrected chi connectivity index (χ4v) is 2.15. The summed E-state index contributed by atoms with van der Waals surface area (Å²) in [5, 5.41) is 9.12. The van der Waals surface area contributed by atoms with Crippen LogP contribution in [-0.4, -0.2) is 17.4 Å². The lowest BCUT2D eigenvalue weighted by Crippen LogP contribution is -2.20. The highest BCUT2D eigenvalue weighted by Crippen LogP contribution is 2.26. The highest BCUT2D eigenvalue weighted by molar-refractivity contribution is 5.85. The second kappa shape index (κ2) is 6.97. The summed E-state index contributed by atoms with van der Waals surface area (Å²) in [5.41, 5.74) is 1.33. The molecular weight excluding hydrogens is 286 g/mol. The van der Waals surface area contributed by atoms with E-state index in [0.717, 1.165) is 17.1 Å². The molecule has 0 aliphatic carbocycles. The van der Waals surface area contributed by atoms with Crippen molar-refractivity contribution in [3.63, 3.8) is 0 Å². The van der Waals surface area contributed by atoms with Crippen molar-refractivity contribution in [3.8, 4) is 11.8 Å². The van der Waals surface area contributed by atoms with Crippen LogP contribution in [0.4, 0.5) is 5.82 Å². The van der Waals surface area contributed by atoms with Gasteiger partial charge in [-0.3, -0.25) is 0 Å². The zero-order valence-corrected chi connectivity index (χ0v) is 13.8. The minimum Gasteiger partial charge on any atom is -0.489 e. The Labute approximate surface area is 137 Å². The van der Waals surface area contributed by atoms with Gasteiger partial charge in [0.25, 0.3) is 0 Å². The third-order valence-electron chi connectivity index (χ3n) is 3.26. The van der Waals surface area contributed by atoms with Crippen LogP contribution in [0, 0.1) is 11.3 Å². The smallest absolute Gasteiger partial charge is 0.134 e. The average Bonchev–Trinajstić information content (AvgIpc) is 2.95. The van der Waals surface area contributed by atoms with Gasteiger partial charge in [-0.1, -0.05) is 24.8 Å². The molecule has 0 radical (unpaired) electrons. The van der Waals surface area contributed by atoms with E-state index in [1.54, 1.807) is 18.4 Å². The molecule has 1 heterocycles. The van der Waals surface area contributed by atoms with E-state index >= 15 is 0 Å². The molecule has 0 aliphatic heterocycles. The lowest BCUT2D eigenvalue weighted by molar-refractivity contribution is 0.363. The van der Waals surface area contributed by atoms with Crippen molar-refractivity contribution in [2.75, 3.05) is 6.61 Å². The van der Waals surface area contributed by atoms with Crippen LogP contribution in [0.15, 0.2) is 54.2 Å². The molecule has 4 heteroatoms. The molecule has 118 valence electrons. The Morgan fingerprint density at radius 1 is 1.35 bits per heavy atom. The van der Waals surface area contributed by atoms with Gasteiger partial charge in [-0.05, 0) is 32.9 Å². The van der Waals surface area contributed by atoms with Gasteiger partial charge in [-0.15, -0.1) is 0 Å².